The van der Waals surface area contributed by atoms with Gasteiger partial charge in [0.25, 0.3) is 0 Å². The van der Waals surface area contributed by atoms with Gasteiger partial charge in [-0.25, -0.2) is 13.1 Å². The molecule has 1 aromatic heterocycles. The molecule has 1 fully saturated rings. The summed E-state index contributed by atoms with van der Waals surface area (Å²) in [6.07, 6.45) is 3.33. The third-order valence-corrected chi connectivity index (χ3v) is 5.59. The second-order valence-electron chi connectivity index (χ2n) is 4.57. The van der Waals surface area contributed by atoms with Crippen LogP contribution in [0.3, 0.4) is 0 Å². The fourth-order valence-corrected chi connectivity index (χ4v) is 4.46. The van der Waals surface area contributed by atoms with E-state index in [9.17, 15) is 8.42 Å². The minimum Gasteiger partial charge on any atom is -0.391 e. The summed E-state index contributed by atoms with van der Waals surface area (Å²) in [6.45, 7) is 1.66. The van der Waals surface area contributed by atoms with Gasteiger partial charge < -0.3 is 5.11 Å². The number of nitrogens with one attached hydrogen (secondary N) is 1. The van der Waals surface area contributed by atoms with Gasteiger partial charge in [0, 0.05) is 10.9 Å². The molecule has 17 heavy (non-hydrogen) atoms. The molecule has 0 amide bonds. The molecule has 6 heteroatoms. The van der Waals surface area contributed by atoms with Gasteiger partial charge in [0.05, 0.1) is 11.5 Å². The topological polar surface area (TPSA) is 66.4 Å². The molecule has 0 aromatic carbocycles. The lowest BCUT2D eigenvalue weighted by atomic mass is 10.2. The summed E-state index contributed by atoms with van der Waals surface area (Å²) in [7, 11) is -3.48. The van der Waals surface area contributed by atoms with Crippen molar-refractivity contribution >= 4 is 21.4 Å². The molecule has 1 atom stereocenters. The van der Waals surface area contributed by atoms with E-state index in [1.54, 1.807) is 11.4 Å². The Morgan fingerprint density at radius 3 is 2.88 bits per heavy atom. The number of rotatable bonds is 6. The third-order valence-electron chi connectivity index (χ3n) is 2.88. The largest absolute Gasteiger partial charge is 0.391 e. The molecule has 96 valence electrons. The maximum absolute atomic E-state index is 12.1. The van der Waals surface area contributed by atoms with Crippen molar-refractivity contribution in [2.45, 2.75) is 43.7 Å². The molecule has 1 aliphatic carbocycles. The highest BCUT2D eigenvalue weighted by atomic mass is 32.2. The van der Waals surface area contributed by atoms with Crippen molar-refractivity contribution in [1.82, 2.24) is 4.72 Å². The maximum atomic E-state index is 12.1. The zero-order chi connectivity index (χ0) is 12.5. The summed E-state index contributed by atoms with van der Waals surface area (Å²) in [6, 6.07) is 1.50. The predicted octanol–water partition coefficient (Wildman–Crippen LogP) is 1.71. The molecule has 1 aliphatic rings. The Bertz CT molecular complexity index is 477. The molecular formula is C11H17NO3S2. The summed E-state index contributed by atoms with van der Waals surface area (Å²) in [5.74, 6) is 0.687. The molecule has 1 heterocycles. The van der Waals surface area contributed by atoms with E-state index >= 15 is 0 Å². The van der Waals surface area contributed by atoms with Crippen LogP contribution in [0.1, 0.15) is 31.1 Å². The molecule has 0 aliphatic heterocycles. The van der Waals surface area contributed by atoms with E-state index < -0.39 is 10.0 Å². The molecule has 0 spiro atoms. The van der Waals surface area contributed by atoms with Crippen LogP contribution in [0.2, 0.25) is 0 Å². The van der Waals surface area contributed by atoms with Gasteiger partial charge in [-0.3, -0.25) is 0 Å². The lowest BCUT2D eigenvalue weighted by molar-refractivity contribution is 0.282. The zero-order valence-corrected chi connectivity index (χ0v) is 11.4. The van der Waals surface area contributed by atoms with Crippen LogP contribution in [-0.2, 0) is 16.6 Å². The first-order valence-electron chi connectivity index (χ1n) is 5.72. The number of aliphatic hydroxyl groups is 1. The molecule has 0 saturated heterocycles. The Morgan fingerprint density at radius 2 is 2.29 bits per heavy atom. The Morgan fingerprint density at radius 1 is 1.59 bits per heavy atom. The molecule has 2 rings (SSSR count). The van der Waals surface area contributed by atoms with Crippen molar-refractivity contribution < 1.29 is 13.5 Å². The Kier molecular flexibility index (Phi) is 3.87. The number of hydrogen-bond donors (Lipinski definition) is 2. The van der Waals surface area contributed by atoms with Gasteiger partial charge in [0.2, 0.25) is 10.0 Å². The first kappa shape index (κ1) is 13.0. The molecule has 0 radical (unpaired) electrons. The highest BCUT2D eigenvalue weighted by Gasteiger charge is 2.27. The van der Waals surface area contributed by atoms with Crippen LogP contribution in [0, 0.1) is 5.92 Å². The molecule has 0 bridgehead atoms. The molecule has 1 saturated carbocycles. The average molecular weight is 275 g/mol. The Hall–Kier alpha value is -0.430. The van der Waals surface area contributed by atoms with E-state index in [-0.39, 0.29) is 17.5 Å². The second kappa shape index (κ2) is 5.06. The van der Waals surface area contributed by atoms with Crippen LogP contribution in [0.5, 0.6) is 0 Å². The van der Waals surface area contributed by atoms with Crippen molar-refractivity contribution in [3.05, 3.63) is 16.3 Å². The van der Waals surface area contributed by atoms with Gasteiger partial charge in [-0.05, 0) is 30.7 Å². The second-order valence-corrected chi connectivity index (χ2v) is 7.25. The third kappa shape index (κ3) is 3.28. The van der Waals surface area contributed by atoms with Gasteiger partial charge in [-0.15, -0.1) is 11.3 Å². The lowest BCUT2D eigenvalue weighted by Crippen LogP contribution is -2.33. The number of aliphatic hydroxyl groups excluding tert-OH is 1. The smallest absolute Gasteiger partial charge is 0.242 e. The van der Waals surface area contributed by atoms with Crippen molar-refractivity contribution in [3.63, 3.8) is 0 Å². The highest BCUT2D eigenvalue weighted by Crippen LogP contribution is 2.33. The van der Waals surface area contributed by atoms with Crippen LogP contribution >= 0.6 is 11.3 Å². The van der Waals surface area contributed by atoms with Crippen LogP contribution in [0.25, 0.3) is 0 Å². The molecular weight excluding hydrogens is 258 g/mol. The minimum atomic E-state index is -3.48. The van der Waals surface area contributed by atoms with Crippen molar-refractivity contribution in [2.75, 3.05) is 0 Å². The summed E-state index contributed by atoms with van der Waals surface area (Å²) in [5.41, 5.74) is 0. The van der Waals surface area contributed by atoms with Gasteiger partial charge >= 0.3 is 0 Å². The van der Waals surface area contributed by atoms with Crippen LogP contribution in [0.15, 0.2) is 16.3 Å². The van der Waals surface area contributed by atoms with Crippen LogP contribution < -0.4 is 4.72 Å². The van der Waals surface area contributed by atoms with Gasteiger partial charge in [-0.2, -0.15) is 0 Å². The van der Waals surface area contributed by atoms with E-state index in [1.165, 1.54) is 24.2 Å². The summed E-state index contributed by atoms with van der Waals surface area (Å²) >= 11 is 1.26. The SMILES string of the molecule is CC(CC1CC1)NS(=O)(=O)c1ccsc1CO. The normalized spacial score (nSPS) is 18.2. The number of sulfonamides is 1. The van der Waals surface area contributed by atoms with Gasteiger partial charge in [0.1, 0.15) is 0 Å². The zero-order valence-electron chi connectivity index (χ0n) is 9.72. The monoisotopic (exact) mass is 275 g/mol. The van der Waals surface area contributed by atoms with Crippen molar-refractivity contribution in [2.24, 2.45) is 5.92 Å². The van der Waals surface area contributed by atoms with E-state index in [0.29, 0.717) is 10.8 Å². The number of thiophene rings is 1. The van der Waals surface area contributed by atoms with E-state index in [0.717, 1.165) is 6.42 Å². The quantitative estimate of drug-likeness (QED) is 0.830. The predicted molar refractivity (Wildman–Crippen MR) is 67.4 cm³/mol. The minimum absolute atomic E-state index is 0.0426. The molecule has 2 N–H and O–H groups in total. The molecule has 4 nitrogen and oxygen atoms in total. The molecule has 1 unspecified atom stereocenters. The number of hydrogen-bond acceptors (Lipinski definition) is 4. The Balaban J connectivity index is 2.07. The van der Waals surface area contributed by atoms with Gasteiger partial charge in [0.15, 0.2) is 0 Å². The van der Waals surface area contributed by atoms with E-state index in [4.69, 9.17) is 5.11 Å². The fraction of sp³-hybridized carbons (Fsp3) is 0.636. The highest BCUT2D eigenvalue weighted by molar-refractivity contribution is 7.89. The first-order chi connectivity index (χ1) is 8.03. The Labute approximate surface area is 106 Å². The summed E-state index contributed by atoms with van der Waals surface area (Å²) < 4.78 is 26.8. The lowest BCUT2D eigenvalue weighted by Gasteiger charge is -2.13. The van der Waals surface area contributed by atoms with Crippen molar-refractivity contribution in [3.8, 4) is 0 Å². The van der Waals surface area contributed by atoms with Crippen LogP contribution in [-0.4, -0.2) is 19.6 Å². The van der Waals surface area contributed by atoms with Gasteiger partial charge in [-0.1, -0.05) is 12.8 Å². The fourth-order valence-electron chi connectivity index (χ4n) is 1.91. The molecule has 1 aromatic rings. The van der Waals surface area contributed by atoms with E-state index in [2.05, 4.69) is 4.72 Å². The van der Waals surface area contributed by atoms with Crippen molar-refractivity contribution in [1.29, 1.82) is 0 Å². The maximum Gasteiger partial charge on any atom is 0.242 e. The standard InChI is InChI=1S/C11H17NO3S2/c1-8(6-9-2-3-9)12-17(14,15)11-4-5-16-10(11)7-13/h4-5,8-9,12-13H,2-3,6-7H2,1H3. The summed E-state index contributed by atoms with van der Waals surface area (Å²) in [4.78, 5) is 0.712. The van der Waals surface area contributed by atoms with E-state index in [1.807, 2.05) is 6.92 Å². The average Bonchev–Trinajstić information content (AvgIpc) is 2.92. The summed E-state index contributed by atoms with van der Waals surface area (Å²) in [5, 5.41) is 10.8. The van der Waals surface area contributed by atoms with Crippen LogP contribution in [0.4, 0.5) is 0 Å². The first-order valence-corrected chi connectivity index (χ1v) is 8.09.